The minimum atomic E-state index is 0.560. The lowest BCUT2D eigenvalue weighted by atomic mass is 10.0. The van der Waals surface area contributed by atoms with E-state index in [9.17, 15) is 0 Å². The van der Waals surface area contributed by atoms with Crippen LogP contribution < -0.4 is 10.1 Å². The molecule has 0 saturated heterocycles. The van der Waals surface area contributed by atoms with Crippen LogP contribution in [0.4, 0.5) is 0 Å². The molecule has 6 nitrogen and oxygen atoms in total. The minimum absolute atomic E-state index is 0.560. The van der Waals surface area contributed by atoms with E-state index in [1.165, 1.54) is 34.8 Å². The molecule has 0 radical (unpaired) electrons. The van der Waals surface area contributed by atoms with Crippen molar-refractivity contribution in [1.82, 2.24) is 20.2 Å². The van der Waals surface area contributed by atoms with E-state index in [-0.39, 0.29) is 0 Å². The van der Waals surface area contributed by atoms with Crippen LogP contribution in [0.5, 0.6) is 5.75 Å². The SMILES string of the molecule is CN=C(NCCOc1cccnc1)N(C)Cc1nc2c(s1)CCCC2. The van der Waals surface area contributed by atoms with E-state index in [2.05, 4.69) is 20.2 Å². The Balaban J connectivity index is 1.46. The Kier molecular flexibility index (Phi) is 6.22. The quantitative estimate of drug-likeness (QED) is 0.488. The van der Waals surface area contributed by atoms with Crippen LogP contribution in [0.3, 0.4) is 0 Å². The Bertz CT molecular complexity index is 677. The Hall–Kier alpha value is -2.15. The fourth-order valence-corrected chi connectivity index (χ4v) is 4.11. The second kappa shape index (κ2) is 8.80. The fourth-order valence-electron chi connectivity index (χ4n) is 2.90. The maximum absolute atomic E-state index is 5.65. The number of hydrogen-bond acceptors (Lipinski definition) is 5. The molecule has 1 aliphatic carbocycles. The number of ether oxygens (including phenoxy) is 1. The molecule has 0 fully saturated rings. The first-order valence-electron chi connectivity index (χ1n) is 8.68. The van der Waals surface area contributed by atoms with Crippen LogP contribution in [0.2, 0.25) is 0 Å². The van der Waals surface area contributed by atoms with E-state index in [0.29, 0.717) is 13.2 Å². The molecule has 0 spiro atoms. The maximum atomic E-state index is 5.65. The first-order chi connectivity index (χ1) is 12.3. The van der Waals surface area contributed by atoms with Crippen LogP contribution >= 0.6 is 11.3 Å². The molecule has 0 unspecified atom stereocenters. The number of nitrogens with zero attached hydrogens (tertiary/aromatic N) is 4. The van der Waals surface area contributed by atoms with Gasteiger partial charge in [0, 0.05) is 25.2 Å². The molecule has 134 valence electrons. The Morgan fingerprint density at radius 3 is 3.04 bits per heavy atom. The molecule has 2 aromatic rings. The highest BCUT2D eigenvalue weighted by Gasteiger charge is 2.16. The number of nitrogens with one attached hydrogen (secondary N) is 1. The lowest BCUT2D eigenvalue weighted by Crippen LogP contribution is -2.40. The van der Waals surface area contributed by atoms with Gasteiger partial charge in [0.2, 0.25) is 0 Å². The zero-order chi connectivity index (χ0) is 17.5. The van der Waals surface area contributed by atoms with Gasteiger partial charge in [0.25, 0.3) is 0 Å². The molecule has 0 aromatic carbocycles. The first kappa shape index (κ1) is 17.7. The normalized spacial score (nSPS) is 14.1. The van der Waals surface area contributed by atoms with Crippen molar-refractivity contribution < 1.29 is 4.74 Å². The number of hydrogen-bond donors (Lipinski definition) is 1. The summed E-state index contributed by atoms with van der Waals surface area (Å²) in [5.74, 6) is 1.63. The number of pyridine rings is 1. The molecule has 0 amide bonds. The van der Waals surface area contributed by atoms with Crippen molar-refractivity contribution in [3.05, 3.63) is 40.1 Å². The van der Waals surface area contributed by atoms with Gasteiger partial charge in [-0.3, -0.25) is 9.98 Å². The Labute approximate surface area is 153 Å². The second-order valence-electron chi connectivity index (χ2n) is 6.05. The van der Waals surface area contributed by atoms with Crippen LogP contribution in [0, 0.1) is 0 Å². The van der Waals surface area contributed by atoms with E-state index >= 15 is 0 Å². The van der Waals surface area contributed by atoms with E-state index in [4.69, 9.17) is 9.72 Å². The van der Waals surface area contributed by atoms with Crippen molar-refractivity contribution in [2.24, 2.45) is 4.99 Å². The van der Waals surface area contributed by atoms with Crippen molar-refractivity contribution in [1.29, 1.82) is 0 Å². The zero-order valence-electron chi connectivity index (χ0n) is 14.9. The van der Waals surface area contributed by atoms with Crippen LogP contribution in [0.25, 0.3) is 0 Å². The van der Waals surface area contributed by atoms with Gasteiger partial charge >= 0.3 is 0 Å². The lowest BCUT2D eigenvalue weighted by Gasteiger charge is -2.21. The molecule has 1 aliphatic rings. The van der Waals surface area contributed by atoms with Gasteiger partial charge < -0.3 is 15.0 Å². The average Bonchev–Trinajstić information content (AvgIpc) is 3.04. The summed E-state index contributed by atoms with van der Waals surface area (Å²) in [5.41, 5.74) is 1.31. The smallest absolute Gasteiger partial charge is 0.193 e. The topological polar surface area (TPSA) is 62.6 Å². The van der Waals surface area contributed by atoms with E-state index < -0.39 is 0 Å². The highest BCUT2D eigenvalue weighted by molar-refractivity contribution is 7.11. The number of rotatable bonds is 6. The number of fused-ring (bicyclic) bond motifs is 1. The lowest BCUT2D eigenvalue weighted by molar-refractivity contribution is 0.318. The molecule has 7 heteroatoms. The van der Waals surface area contributed by atoms with Crippen molar-refractivity contribution in [3.63, 3.8) is 0 Å². The number of aliphatic imine (C=N–C) groups is 1. The van der Waals surface area contributed by atoms with Crippen LogP contribution in [0.15, 0.2) is 29.5 Å². The van der Waals surface area contributed by atoms with Gasteiger partial charge in [0.1, 0.15) is 17.4 Å². The molecular weight excluding hydrogens is 334 g/mol. The maximum Gasteiger partial charge on any atom is 0.193 e. The van der Waals surface area contributed by atoms with Gasteiger partial charge in [-0.25, -0.2) is 4.98 Å². The highest BCUT2D eigenvalue weighted by Crippen LogP contribution is 2.27. The van der Waals surface area contributed by atoms with Crippen LogP contribution in [-0.4, -0.2) is 48.1 Å². The summed E-state index contributed by atoms with van der Waals surface area (Å²) in [4.78, 5) is 16.8. The average molecular weight is 359 g/mol. The molecule has 0 saturated carbocycles. The summed E-state index contributed by atoms with van der Waals surface area (Å²) < 4.78 is 5.65. The van der Waals surface area contributed by atoms with Gasteiger partial charge in [-0.05, 0) is 37.8 Å². The third kappa shape index (κ3) is 4.92. The second-order valence-corrected chi connectivity index (χ2v) is 7.22. The number of aryl methyl sites for hydroxylation is 2. The minimum Gasteiger partial charge on any atom is -0.490 e. The van der Waals surface area contributed by atoms with Gasteiger partial charge in [-0.2, -0.15) is 0 Å². The summed E-state index contributed by atoms with van der Waals surface area (Å²) in [5, 5.41) is 4.50. The summed E-state index contributed by atoms with van der Waals surface area (Å²) in [6.07, 6.45) is 8.34. The third-order valence-electron chi connectivity index (χ3n) is 4.12. The number of guanidine groups is 1. The summed E-state index contributed by atoms with van der Waals surface area (Å²) >= 11 is 1.85. The molecule has 0 aliphatic heterocycles. The Morgan fingerprint density at radius 1 is 1.40 bits per heavy atom. The summed E-state index contributed by atoms with van der Waals surface area (Å²) in [7, 11) is 3.84. The predicted molar refractivity (Wildman–Crippen MR) is 101 cm³/mol. The first-order valence-corrected chi connectivity index (χ1v) is 9.50. The molecule has 2 aromatic heterocycles. The molecule has 0 atom stereocenters. The van der Waals surface area contributed by atoms with Crippen molar-refractivity contribution in [2.45, 2.75) is 32.2 Å². The molecular formula is C18H25N5OS. The molecule has 0 bridgehead atoms. The highest BCUT2D eigenvalue weighted by atomic mass is 32.1. The van der Waals surface area contributed by atoms with E-state index in [1.54, 1.807) is 19.4 Å². The number of thiazole rings is 1. The molecule has 1 N–H and O–H groups in total. The van der Waals surface area contributed by atoms with E-state index in [0.717, 1.165) is 24.7 Å². The standard InChI is InChI=1S/C18H25N5OS/c1-19-18(21-10-11-24-14-6-5-9-20-12-14)23(2)13-17-22-15-7-3-4-8-16(15)25-17/h5-6,9,12H,3-4,7-8,10-11,13H2,1-2H3,(H,19,21). The molecule has 2 heterocycles. The summed E-state index contributed by atoms with van der Waals surface area (Å²) in [6.45, 7) is 2.02. The van der Waals surface area contributed by atoms with Gasteiger partial charge in [-0.1, -0.05) is 0 Å². The van der Waals surface area contributed by atoms with Gasteiger partial charge in [-0.15, -0.1) is 11.3 Å². The fraction of sp³-hybridized carbons (Fsp3) is 0.500. The van der Waals surface area contributed by atoms with Crippen molar-refractivity contribution in [3.8, 4) is 5.75 Å². The molecule has 3 rings (SSSR count). The Morgan fingerprint density at radius 2 is 2.28 bits per heavy atom. The predicted octanol–water partition coefficient (Wildman–Crippen LogP) is 2.50. The van der Waals surface area contributed by atoms with Crippen LogP contribution in [-0.2, 0) is 19.4 Å². The van der Waals surface area contributed by atoms with Crippen molar-refractivity contribution in [2.75, 3.05) is 27.2 Å². The van der Waals surface area contributed by atoms with Gasteiger partial charge in [0.05, 0.1) is 25.0 Å². The van der Waals surface area contributed by atoms with E-state index in [1.807, 2.05) is 30.5 Å². The third-order valence-corrected chi connectivity index (χ3v) is 5.27. The summed E-state index contributed by atoms with van der Waals surface area (Å²) in [6, 6.07) is 3.77. The van der Waals surface area contributed by atoms with Crippen LogP contribution in [0.1, 0.15) is 28.4 Å². The zero-order valence-corrected chi connectivity index (χ0v) is 15.7. The van der Waals surface area contributed by atoms with Crippen molar-refractivity contribution >= 4 is 17.3 Å². The van der Waals surface area contributed by atoms with Gasteiger partial charge in [0.15, 0.2) is 5.96 Å². The number of aromatic nitrogens is 2. The largest absolute Gasteiger partial charge is 0.490 e. The molecule has 25 heavy (non-hydrogen) atoms. The monoisotopic (exact) mass is 359 g/mol.